The van der Waals surface area contributed by atoms with E-state index in [0.717, 1.165) is 0 Å². The van der Waals surface area contributed by atoms with Gasteiger partial charge >= 0.3 is 0 Å². The maximum atomic E-state index is 8.52. The largest absolute Gasteiger partial charge is 0.870 e. The summed E-state index contributed by atoms with van der Waals surface area (Å²) in [6, 6.07) is 0. The number of hydrogen-bond acceptors (Lipinski definition) is 22. The van der Waals surface area contributed by atoms with Gasteiger partial charge < -0.3 is 56.5 Å². The molecule has 0 aromatic rings. The minimum absolute atomic E-state index is 0. The van der Waals surface area contributed by atoms with Crippen LogP contribution in [0.5, 0.6) is 0 Å². The predicted octanol–water partition coefficient (Wildman–Crippen LogP) is -7.05. The quantitative estimate of drug-likeness (QED) is 0.126. The van der Waals surface area contributed by atoms with Crippen molar-refractivity contribution in [2.75, 3.05) is 0 Å². The molecule has 0 aliphatic carbocycles. The fourth-order valence-corrected chi connectivity index (χ4v) is 0. The van der Waals surface area contributed by atoms with Gasteiger partial charge in [0.25, 0.3) is 0 Å². The second-order valence-corrected chi connectivity index (χ2v) is 6.12. The summed E-state index contributed by atoms with van der Waals surface area (Å²) in [6.07, 6.45) is 0. The average Bonchev–Trinajstić information content (AvgIpc) is 1.79. The standard InChI is InChI=1S/4Fe.5H2O4S.2H2O/c;;;;5*1-5(2,3)4;;/h;;;;5*(H2,1,2,3,4);2*1H2/p-12. The van der Waals surface area contributed by atoms with E-state index >= 15 is 0 Å². The SMILES string of the molecule is O=S(=O)([O-])[O-].O=S(=O)([O-])[O-].O=S(=O)([O-])[O-].O=S(=O)([O-])[O-].O=S(=O)([O-])[O-].[Fe].[Fe].[Fe].[Fe].[OH-].[OH-]. The van der Waals surface area contributed by atoms with E-state index in [1.54, 1.807) is 0 Å². The van der Waals surface area contributed by atoms with Crippen LogP contribution >= 0.6 is 0 Å². The molecule has 0 radical (unpaired) electrons. The van der Waals surface area contributed by atoms with Gasteiger partial charge in [0.05, 0.1) is 0 Å². The molecule has 0 rings (SSSR count). The topological polar surface area (TPSA) is 461 Å². The molecule has 0 heterocycles. The molecule has 0 spiro atoms. The molecule has 0 aliphatic heterocycles. The normalized spacial score (nSPS) is 9.35. The van der Waals surface area contributed by atoms with E-state index in [1.807, 2.05) is 0 Å². The number of rotatable bonds is 0. The summed E-state index contributed by atoms with van der Waals surface area (Å²) < 4.78 is 170. The van der Waals surface area contributed by atoms with Crippen LogP contribution in [0.3, 0.4) is 0 Å². The third-order valence-corrected chi connectivity index (χ3v) is 0. The van der Waals surface area contributed by atoms with Crippen LogP contribution in [0.15, 0.2) is 0 Å². The van der Waals surface area contributed by atoms with E-state index in [2.05, 4.69) is 0 Å². The summed E-state index contributed by atoms with van der Waals surface area (Å²) in [5.74, 6) is 0. The molecule has 0 unspecified atom stereocenters. The Morgan fingerprint density at radius 3 is 0.258 bits per heavy atom. The van der Waals surface area contributed by atoms with E-state index in [-0.39, 0.29) is 79.2 Å². The van der Waals surface area contributed by atoms with Gasteiger partial charge in [-0.2, -0.15) is 0 Å². The van der Waals surface area contributed by atoms with E-state index in [4.69, 9.17) is 87.6 Å². The van der Waals surface area contributed by atoms with Crippen molar-refractivity contribution in [1.82, 2.24) is 0 Å². The molecule has 0 bridgehead atoms. The summed E-state index contributed by atoms with van der Waals surface area (Å²) in [6.45, 7) is 0. The molecular weight excluding hydrogens is 736 g/mol. The molecule has 0 aliphatic rings. The van der Waals surface area contributed by atoms with Crippen LogP contribution in [-0.4, -0.2) is 98.6 Å². The van der Waals surface area contributed by atoms with Gasteiger partial charge in [0.1, 0.15) is 0 Å². The monoisotopic (exact) mass is 738 g/mol. The van der Waals surface area contributed by atoms with E-state index < -0.39 is 52.0 Å². The zero-order valence-corrected chi connectivity index (χ0v) is 21.0. The van der Waals surface area contributed by atoms with Crippen LogP contribution < -0.4 is 0 Å². The van der Waals surface area contributed by atoms with Crippen LogP contribution in [0.4, 0.5) is 0 Å². The number of hydrogen-bond donors (Lipinski definition) is 0. The maximum absolute atomic E-state index is 8.52. The Kier molecular flexibility index (Phi) is 66.1. The van der Waals surface area contributed by atoms with Crippen molar-refractivity contribution in [3.05, 3.63) is 0 Å². The summed E-state index contributed by atoms with van der Waals surface area (Å²) in [5.41, 5.74) is 0. The van der Waals surface area contributed by atoms with Crippen LogP contribution in [0.2, 0.25) is 0 Å². The minimum Gasteiger partial charge on any atom is -0.870 e. The molecule has 208 valence electrons. The molecule has 31 heteroatoms. The van der Waals surface area contributed by atoms with Crippen LogP contribution in [-0.2, 0) is 120 Å². The second kappa shape index (κ2) is 29.4. The first kappa shape index (κ1) is 69.8. The summed E-state index contributed by atoms with van der Waals surface area (Å²) in [7, 11) is -25.8. The van der Waals surface area contributed by atoms with Crippen molar-refractivity contribution in [2.45, 2.75) is 0 Å². The first-order valence-corrected chi connectivity index (χ1v) is 10.0. The second-order valence-electron chi connectivity index (χ2n) is 2.04. The Bertz CT molecular complexity index is 626. The van der Waals surface area contributed by atoms with Gasteiger partial charge in [0.2, 0.25) is 0 Å². The Balaban J connectivity index is -0.0000000171. The Morgan fingerprint density at radius 1 is 0.258 bits per heavy atom. The maximum Gasteiger partial charge on any atom is 0.0311 e. The Labute approximate surface area is 217 Å². The predicted molar refractivity (Wildman–Crippen MR) is 56.2 cm³/mol. The van der Waals surface area contributed by atoms with Crippen molar-refractivity contribution in [3.63, 3.8) is 0 Å². The zero-order chi connectivity index (χ0) is 22.5. The molecule has 2 N–H and O–H groups in total. The van der Waals surface area contributed by atoms with Crippen LogP contribution in [0.25, 0.3) is 0 Å². The Morgan fingerprint density at radius 2 is 0.258 bits per heavy atom. The van der Waals surface area contributed by atoms with Crippen molar-refractivity contribution < 1.29 is 167 Å². The molecule has 0 fully saturated rings. The van der Waals surface area contributed by atoms with E-state index in [1.165, 1.54) is 0 Å². The third kappa shape index (κ3) is 14900. The van der Waals surface area contributed by atoms with E-state index in [9.17, 15) is 0 Å². The van der Waals surface area contributed by atoms with Gasteiger partial charge in [0, 0.05) is 120 Å². The summed E-state index contributed by atoms with van der Waals surface area (Å²) in [5, 5.41) is 0. The van der Waals surface area contributed by atoms with E-state index in [0.29, 0.717) is 0 Å². The van der Waals surface area contributed by atoms with Crippen molar-refractivity contribution in [1.29, 1.82) is 0 Å². The third-order valence-electron chi connectivity index (χ3n) is 0. The molecule has 31 heavy (non-hydrogen) atoms. The first-order valence-electron chi connectivity index (χ1n) is 3.33. The zero-order valence-electron chi connectivity index (χ0n) is 12.5. The van der Waals surface area contributed by atoms with Gasteiger partial charge in [0.15, 0.2) is 0 Å². The van der Waals surface area contributed by atoms with Crippen molar-refractivity contribution in [3.8, 4) is 0 Å². The van der Waals surface area contributed by atoms with Crippen LogP contribution in [0.1, 0.15) is 0 Å². The van der Waals surface area contributed by atoms with Crippen molar-refractivity contribution in [2.24, 2.45) is 0 Å². The van der Waals surface area contributed by atoms with Gasteiger partial charge in [-0.25, -0.2) is 0 Å². The smallest absolute Gasteiger partial charge is 0.0311 e. The fourth-order valence-electron chi connectivity index (χ4n) is 0. The Hall–Kier alpha value is 1.35. The molecular formula is H2Fe4O22S5-12. The van der Waals surface area contributed by atoms with Crippen LogP contribution in [0, 0.1) is 0 Å². The molecule has 0 aromatic heterocycles. The first-order chi connectivity index (χ1) is 10.0. The van der Waals surface area contributed by atoms with Gasteiger partial charge in [-0.3, -0.25) is 42.1 Å². The molecule has 0 aromatic carbocycles. The van der Waals surface area contributed by atoms with Gasteiger partial charge in [-0.15, -0.1) is 0 Å². The fraction of sp³-hybridized carbons (Fsp3) is 0. The summed E-state index contributed by atoms with van der Waals surface area (Å²) >= 11 is 0. The molecule has 0 atom stereocenters. The minimum atomic E-state index is -5.17. The van der Waals surface area contributed by atoms with Gasteiger partial charge in [-0.05, 0) is 0 Å². The molecule has 0 amide bonds. The molecule has 0 saturated carbocycles. The molecule has 0 saturated heterocycles. The summed E-state index contributed by atoms with van der Waals surface area (Å²) in [4.78, 5) is 0. The van der Waals surface area contributed by atoms with Gasteiger partial charge in [-0.1, -0.05) is 0 Å². The molecule has 22 nitrogen and oxygen atoms in total. The van der Waals surface area contributed by atoms with Crippen molar-refractivity contribution >= 4 is 52.0 Å². The average molecular weight is 738 g/mol.